The van der Waals surface area contributed by atoms with Crippen molar-refractivity contribution in [3.8, 4) is 5.75 Å². The second-order valence-electron chi connectivity index (χ2n) is 10.2. The molecule has 0 saturated heterocycles. The molecule has 35 heavy (non-hydrogen) atoms. The standard InChI is InChI=1S/C31H36N2O2/c34-31(13-4-9-23-7-2-1-3-8-23)26-11-5-12-27(19-26)33-30-17-16-28(20-29(30)25-14-15-25)35-22-24-10-6-18-32-21-24/h5-6,10-12,16-21,23,25,33H,1-4,7-9,13-15,22H2. The van der Waals surface area contributed by atoms with Gasteiger partial charge in [0.1, 0.15) is 12.4 Å². The zero-order valence-corrected chi connectivity index (χ0v) is 20.5. The van der Waals surface area contributed by atoms with Gasteiger partial charge in [0, 0.05) is 41.3 Å². The lowest BCUT2D eigenvalue weighted by atomic mass is 9.85. The molecule has 0 unspecified atom stereocenters. The fraction of sp³-hybridized carbons (Fsp3) is 0.419. The van der Waals surface area contributed by atoms with Gasteiger partial charge in [-0.3, -0.25) is 9.78 Å². The first-order valence-corrected chi connectivity index (χ1v) is 13.3. The van der Waals surface area contributed by atoms with E-state index in [0.29, 0.717) is 18.9 Å². The maximum Gasteiger partial charge on any atom is 0.162 e. The lowest BCUT2D eigenvalue weighted by Gasteiger charge is -2.21. The van der Waals surface area contributed by atoms with Crippen molar-refractivity contribution >= 4 is 17.2 Å². The van der Waals surface area contributed by atoms with Gasteiger partial charge in [0.2, 0.25) is 0 Å². The van der Waals surface area contributed by atoms with Crippen molar-refractivity contribution in [3.05, 3.63) is 83.7 Å². The number of hydrogen-bond acceptors (Lipinski definition) is 4. The summed E-state index contributed by atoms with van der Waals surface area (Å²) in [5.74, 6) is 2.54. The molecule has 4 heteroatoms. The van der Waals surface area contributed by atoms with Crippen LogP contribution in [0.2, 0.25) is 0 Å². The first kappa shape index (κ1) is 23.6. The molecule has 3 aromatic rings. The normalized spacial score (nSPS) is 16.1. The molecular weight excluding hydrogens is 432 g/mol. The third kappa shape index (κ3) is 6.72. The van der Waals surface area contributed by atoms with E-state index in [0.717, 1.165) is 40.6 Å². The molecule has 2 saturated carbocycles. The summed E-state index contributed by atoms with van der Waals surface area (Å²) < 4.78 is 6.04. The average molecular weight is 469 g/mol. The van der Waals surface area contributed by atoms with Crippen LogP contribution >= 0.6 is 0 Å². The van der Waals surface area contributed by atoms with E-state index in [1.165, 1.54) is 56.9 Å². The minimum absolute atomic E-state index is 0.256. The number of rotatable bonds is 11. The zero-order valence-electron chi connectivity index (χ0n) is 20.5. The molecule has 0 amide bonds. The number of carbonyl (C=O) groups is 1. The molecular formula is C31H36N2O2. The summed E-state index contributed by atoms with van der Waals surface area (Å²) in [7, 11) is 0. The molecule has 2 aromatic carbocycles. The summed E-state index contributed by atoms with van der Waals surface area (Å²) in [6.45, 7) is 0.510. The van der Waals surface area contributed by atoms with Crippen LogP contribution in [0, 0.1) is 5.92 Å². The van der Waals surface area contributed by atoms with Crippen molar-refractivity contribution < 1.29 is 9.53 Å². The highest BCUT2D eigenvalue weighted by Gasteiger charge is 2.27. The molecule has 0 atom stereocenters. The fourth-order valence-corrected chi connectivity index (χ4v) is 5.22. The van der Waals surface area contributed by atoms with Crippen molar-refractivity contribution in [2.75, 3.05) is 5.32 Å². The quantitative estimate of drug-likeness (QED) is 0.288. The van der Waals surface area contributed by atoms with E-state index in [1.54, 1.807) is 6.20 Å². The average Bonchev–Trinajstić information content (AvgIpc) is 3.75. The Morgan fingerprint density at radius 2 is 1.86 bits per heavy atom. The highest BCUT2D eigenvalue weighted by Crippen LogP contribution is 2.45. The molecule has 5 rings (SSSR count). The Hall–Kier alpha value is -3.14. The van der Waals surface area contributed by atoms with Crippen molar-refractivity contribution in [1.82, 2.24) is 4.98 Å². The predicted octanol–water partition coefficient (Wildman–Crippen LogP) is 8.21. The van der Waals surface area contributed by atoms with Gasteiger partial charge in [-0.15, -0.1) is 0 Å². The van der Waals surface area contributed by atoms with Crippen LogP contribution in [0.4, 0.5) is 11.4 Å². The molecule has 0 aliphatic heterocycles. The first-order valence-electron chi connectivity index (χ1n) is 13.3. The Balaban J connectivity index is 1.20. The van der Waals surface area contributed by atoms with Gasteiger partial charge in [-0.1, -0.05) is 56.7 Å². The third-order valence-electron chi connectivity index (χ3n) is 7.37. The summed E-state index contributed by atoms with van der Waals surface area (Å²) in [5.41, 5.74) is 5.22. The number of nitrogens with zero attached hydrogens (tertiary/aromatic N) is 1. The van der Waals surface area contributed by atoms with Crippen molar-refractivity contribution in [3.63, 3.8) is 0 Å². The van der Waals surface area contributed by atoms with Crippen LogP contribution in [0.1, 0.15) is 91.6 Å². The summed E-state index contributed by atoms with van der Waals surface area (Å²) in [6.07, 6.45) is 15.7. The van der Waals surface area contributed by atoms with Crippen LogP contribution in [0.5, 0.6) is 5.75 Å². The number of nitrogens with one attached hydrogen (secondary N) is 1. The topological polar surface area (TPSA) is 51.2 Å². The minimum atomic E-state index is 0.256. The van der Waals surface area contributed by atoms with E-state index in [4.69, 9.17) is 4.74 Å². The van der Waals surface area contributed by atoms with Gasteiger partial charge in [0.15, 0.2) is 5.78 Å². The zero-order chi connectivity index (χ0) is 23.9. The largest absolute Gasteiger partial charge is 0.489 e. The lowest BCUT2D eigenvalue weighted by Crippen LogP contribution is -2.07. The lowest BCUT2D eigenvalue weighted by molar-refractivity contribution is 0.0976. The van der Waals surface area contributed by atoms with E-state index in [1.807, 2.05) is 48.7 Å². The van der Waals surface area contributed by atoms with Gasteiger partial charge < -0.3 is 10.1 Å². The SMILES string of the molecule is O=C(CCCC1CCCCC1)c1cccc(Nc2ccc(OCc3cccnc3)cc2C2CC2)c1. The molecule has 1 heterocycles. The van der Waals surface area contributed by atoms with E-state index >= 15 is 0 Å². The fourth-order valence-electron chi connectivity index (χ4n) is 5.22. The molecule has 0 radical (unpaired) electrons. The summed E-state index contributed by atoms with van der Waals surface area (Å²) in [6, 6.07) is 18.2. The molecule has 182 valence electrons. The maximum atomic E-state index is 12.9. The summed E-state index contributed by atoms with van der Waals surface area (Å²) in [5, 5.41) is 3.58. The van der Waals surface area contributed by atoms with Crippen molar-refractivity contribution in [2.24, 2.45) is 5.92 Å². The third-order valence-corrected chi connectivity index (χ3v) is 7.37. The molecule has 1 N–H and O–H groups in total. The van der Waals surface area contributed by atoms with Gasteiger partial charge in [-0.25, -0.2) is 0 Å². The van der Waals surface area contributed by atoms with E-state index in [9.17, 15) is 4.79 Å². The molecule has 2 aliphatic carbocycles. The number of Topliss-reactive ketones (excluding diaryl/α,β-unsaturated/α-hetero) is 1. The highest BCUT2D eigenvalue weighted by molar-refractivity contribution is 5.97. The number of ketones is 1. The molecule has 1 aromatic heterocycles. The van der Waals surface area contributed by atoms with Crippen molar-refractivity contribution in [1.29, 1.82) is 0 Å². The number of aromatic nitrogens is 1. The van der Waals surface area contributed by atoms with Crippen LogP contribution in [0.25, 0.3) is 0 Å². The van der Waals surface area contributed by atoms with Crippen LogP contribution in [0.3, 0.4) is 0 Å². The Kier molecular flexibility index (Phi) is 7.77. The number of hydrogen-bond donors (Lipinski definition) is 1. The van der Waals surface area contributed by atoms with Crippen LogP contribution in [-0.4, -0.2) is 10.8 Å². The van der Waals surface area contributed by atoms with Crippen LogP contribution < -0.4 is 10.1 Å². The van der Waals surface area contributed by atoms with Gasteiger partial charge in [-0.05, 0) is 73.1 Å². The highest BCUT2D eigenvalue weighted by atomic mass is 16.5. The molecule has 2 aliphatic rings. The molecule has 0 spiro atoms. The Labute approximate surface area is 209 Å². The summed E-state index contributed by atoms with van der Waals surface area (Å²) in [4.78, 5) is 17.0. The van der Waals surface area contributed by atoms with Crippen LogP contribution in [0.15, 0.2) is 67.0 Å². The Morgan fingerprint density at radius 3 is 2.66 bits per heavy atom. The van der Waals surface area contributed by atoms with Gasteiger partial charge >= 0.3 is 0 Å². The first-order chi connectivity index (χ1) is 17.2. The second-order valence-corrected chi connectivity index (χ2v) is 10.2. The van der Waals surface area contributed by atoms with Crippen molar-refractivity contribution in [2.45, 2.75) is 76.7 Å². The van der Waals surface area contributed by atoms with Gasteiger partial charge in [0.05, 0.1) is 0 Å². The second kappa shape index (κ2) is 11.5. The van der Waals surface area contributed by atoms with E-state index < -0.39 is 0 Å². The Morgan fingerprint density at radius 1 is 0.971 bits per heavy atom. The molecule has 4 nitrogen and oxygen atoms in total. The number of carbonyl (C=O) groups excluding carboxylic acids is 1. The van der Waals surface area contributed by atoms with E-state index in [-0.39, 0.29) is 5.78 Å². The number of ether oxygens (including phenoxy) is 1. The number of pyridine rings is 1. The molecule has 0 bridgehead atoms. The minimum Gasteiger partial charge on any atom is -0.489 e. The maximum absolute atomic E-state index is 12.9. The summed E-state index contributed by atoms with van der Waals surface area (Å²) >= 11 is 0. The number of benzene rings is 2. The van der Waals surface area contributed by atoms with Gasteiger partial charge in [-0.2, -0.15) is 0 Å². The van der Waals surface area contributed by atoms with Crippen LogP contribution in [-0.2, 0) is 6.61 Å². The van der Waals surface area contributed by atoms with Gasteiger partial charge in [0.25, 0.3) is 0 Å². The smallest absolute Gasteiger partial charge is 0.162 e. The Bertz CT molecular complexity index is 1120. The monoisotopic (exact) mass is 468 g/mol. The van der Waals surface area contributed by atoms with E-state index in [2.05, 4.69) is 22.4 Å². The molecule has 2 fully saturated rings. The predicted molar refractivity (Wildman–Crippen MR) is 141 cm³/mol. The number of anilines is 2.